The Kier molecular flexibility index (Phi) is 7.97. The number of hydrogen-bond acceptors (Lipinski definition) is 10. The number of rotatable bonds is 9. The summed E-state index contributed by atoms with van der Waals surface area (Å²) >= 11 is 0. The molecule has 1 aromatic carbocycles. The Morgan fingerprint density at radius 1 is 1.08 bits per heavy atom. The van der Waals surface area contributed by atoms with E-state index < -0.39 is 11.5 Å². The molecule has 1 saturated heterocycles. The number of aromatic nitrogens is 4. The van der Waals surface area contributed by atoms with Crippen molar-refractivity contribution < 1.29 is 19.1 Å². The normalized spacial score (nSPS) is 13.3. The Morgan fingerprint density at radius 2 is 1.87 bits per heavy atom. The quantitative estimate of drug-likeness (QED) is 0.323. The minimum atomic E-state index is -0.758. The third kappa shape index (κ3) is 5.53. The van der Waals surface area contributed by atoms with Gasteiger partial charge in [0.1, 0.15) is 18.8 Å². The molecular weight excluding hydrogens is 500 g/mol. The fraction of sp³-hybridized carbons (Fsp3) is 0.321. The smallest absolute Gasteiger partial charge is 0.346 e. The van der Waals surface area contributed by atoms with Crippen LogP contribution in [-0.2, 0) is 22.6 Å². The standard InChI is InChI=1S/C28H30N6O5/c1-3-38-28(36)23-24(30-16-21-10-7-11-29-25(21)33-12-14-37-15-13-33)22-19(2)31-18-32-26(22)34(27(23)35)39-17-20-8-5-4-6-9-20/h4-11,18,30H,3,12-17H2,1-2H3. The predicted octanol–water partition coefficient (Wildman–Crippen LogP) is 2.75. The number of anilines is 2. The van der Waals surface area contributed by atoms with Gasteiger partial charge in [-0.15, -0.1) is 4.73 Å². The van der Waals surface area contributed by atoms with Gasteiger partial charge in [0.2, 0.25) is 0 Å². The van der Waals surface area contributed by atoms with Crippen molar-refractivity contribution >= 4 is 28.5 Å². The monoisotopic (exact) mass is 530 g/mol. The molecule has 1 fully saturated rings. The molecule has 0 saturated carbocycles. The van der Waals surface area contributed by atoms with Crippen molar-refractivity contribution in [2.24, 2.45) is 0 Å². The largest absolute Gasteiger partial charge is 0.462 e. The van der Waals surface area contributed by atoms with Crippen LogP contribution in [0.4, 0.5) is 11.5 Å². The van der Waals surface area contributed by atoms with Gasteiger partial charge in [-0.1, -0.05) is 36.4 Å². The Morgan fingerprint density at radius 3 is 2.64 bits per heavy atom. The van der Waals surface area contributed by atoms with Crippen molar-refractivity contribution in [2.75, 3.05) is 43.1 Å². The highest BCUT2D eigenvalue weighted by molar-refractivity contribution is 6.05. The number of esters is 1. The number of carbonyl (C=O) groups is 1. The molecule has 4 heterocycles. The average Bonchev–Trinajstić information content (AvgIpc) is 2.97. The second-order valence-electron chi connectivity index (χ2n) is 8.93. The molecule has 1 N–H and O–H groups in total. The summed E-state index contributed by atoms with van der Waals surface area (Å²) in [6, 6.07) is 13.2. The molecule has 11 heteroatoms. The van der Waals surface area contributed by atoms with Crippen LogP contribution in [-0.4, -0.2) is 58.6 Å². The Hall–Kier alpha value is -4.51. The van der Waals surface area contributed by atoms with Crippen LogP contribution < -0.4 is 20.6 Å². The summed E-state index contributed by atoms with van der Waals surface area (Å²) in [7, 11) is 0. The van der Waals surface area contributed by atoms with Crippen molar-refractivity contribution in [3.05, 3.63) is 87.7 Å². The first-order valence-corrected chi connectivity index (χ1v) is 12.8. The third-order valence-corrected chi connectivity index (χ3v) is 6.42. The van der Waals surface area contributed by atoms with E-state index in [0.717, 1.165) is 34.8 Å². The lowest BCUT2D eigenvalue weighted by molar-refractivity contribution is 0.0513. The zero-order valence-electron chi connectivity index (χ0n) is 21.9. The fourth-order valence-corrected chi connectivity index (χ4v) is 4.55. The van der Waals surface area contributed by atoms with E-state index in [4.69, 9.17) is 14.3 Å². The van der Waals surface area contributed by atoms with Gasteiger partial charge in [-0.3, -0.25) is 4.79 Å². The average molecular weight is 531 g/mol. The van der Waals surface area contributed by atoms with Gasteiger partial charge < -0.3 is 24.5 Å². The molecule has 0 unspecified atom stereocenters. The highest BCUT2D eigenvalue weighted by Gasteiger charge is 2.27. The number of ether oxygens (including phenoxy) is 2. The SMILES string of the molecule is CCOC(=O)c1c(NCc2cccnc2N2CCOCC2)c2c(C)ncnc2n(OCc2ccccc2)c1=O. The van der Waals surface area contributed by atoms with Crippen molar-refractivity contribution in [1.29, 1.82) is 0 Å². The summed E-state index contributed by atoms with van der Waals surface area (Å²) < 4.78 is 11.8. The topological polar surface area (TPSA) is 121 Å². The van der Waals surface area contributed by atoms with E-state index in [1.54, 1.807) is 20.0 Å². The lowest BCUT2D eigenvalue weighted by atomic mass is 10.1. The highest BCUT2D eigenvalue weighted by Crippen LogP contribution is 2.28. The molecule has 0 spiro atoms. The van der Waals surface area contributed by atoms with Gasteiger partial charge in [-0.2, -0.15) is 0 Å². The maximum absolute atomic E-state index is 13.8. The number of hydrogen-bond donors (Lipinski definition) is 1. The molecule has 3 aromatic heterocycles. The summed E-state index contributed by atoms with van der Waals surface area (Å²) in [5.41, 5.74) is 2.03. The number of fused-ring (bicyclic) bond motifs is 1. The zero-order valence-corrected chi connectivity index (χ0v) is 21.9. The van der Waals surface area contributed by atoms with E-state index in [1.807, 2.05) is 42.5 Å². The summed E-state index contributed by atoms with van der Waals surface area (Å²) in [6.45, 7) is 6.68. The van der Waals surface area contributed by atoms with E-state index >= 15 is 0 Å². The maximum Gasteiger partial charge on any atom is 0.346 e. The number of nitrogens with one attached hydrogen (secondary N) is 1. The highest BCUT2D eigenvalue weighted by atomic mass is 16.7. The van der Waals surface area contributed by atoms with Crippen molar-refractivity contribution in [3.63, 3.8) is 0 Å². The van der Waals surface area contributed by atoms with Crippen molar-refractivity contribution in [1.82, 2.24) is 19.7 Å². The molecule has 5 rings (SSSR count). The number of morpholine rings is 1. The minimum absolute atomic E-state index is 0.104. The number of benzene rings is 1. The first-order chi connectivity index (χ1) is 19.1. The first-order valence-electron chi connectivity index (χ1n) is 12.8. The second-order valence-corrected chi connectivity index (χ2v) is 8.93. The van der Waals surface area contributed by atoms with Gasteiger partial charge in [0.15, 0.2) is 11.2 Å². The molecule has 39 heavy (non-hydrogen) atoms. The number of nitrogens with zero attached hydrogens (tertiary/aromatic N) is 5. The lowest BCUT2D eigenvalue weighted by Gasteiger charge is -2.29. The lowest BCUT2D eigenvalue weighted by Crippen LogP contribution is -2.37. The van der Waals surface area contributed by atoms with Crippen LogP contribution in [0.3, 0.4) is 0 Å². The number of aryl methyl sites for hydroxylation is 1. The van der Waals surface area contributed by atoms with Crippen LogP contribution in [0, 0.1) is 6.92 Å². The Labute approximate surface area is 225 Å². The molecule has 11 nitrogen and oxygen atoms in total. The molecule has 1 aliphatic rings. The zero-order chi connectivity index (χ0) is 27.2. The molecule has 202 valence electrons. The van der Waals surface area contributed by atoms with E-state index in [-0.39, 0.29) is 24.4 Å². The van der Waals surface area contributed by atoms with E-state index in [0.29, 0.717) is 36.5 Å². The van der Waals surface area contributed by atoms with Gasteiger partial charge in [0.25, 0.3) is 0 Å². The van der Waals surface area contributed by atoms with E-state index in [2.05, 4.69) is 25.2 Å². The van der Waals surface area contributed by atoms with Gasteiger partial charge >= 0.3 is 11.5 Å². The van der Waals surface area contributed by atoms with Crippen LogP contribution in [0.25, 0.3) is 11.0 Å². The summed E-state index contributed by atoms with van der Waals surface area (Å²) in [5, 5.41) is 3.82. The summed E-state index contributed by atoms with van der Waals surface area (Å²) in [5.74, 6) is 0.0644. The molecular formula is C28H30N6O5. The van der Waals surface area contributed by atoms with Gasteiger partial charge in [-0.25, -0.2) is 19.7 Å². The third-order valence-electron chi connectivity index (χ3n) is 6.42. The number of pyridine rings is 2. The van der Waals surface area contributed by atoms with Gasteiger partial charge in [0, 0.05) is 31.4 Å². The van der Waals surface area contributed by atoms with Crippen LogP contribution >= 0.6 is 0 Å². The van der Waals surface area contributed by atoms with Crippen LogP contribution in [0.2, 0.25) is 0 Å². The minimum Gasteiger partial charge on any atom is -0.462 e. The molecule has 0 amide bonds. The summed E-state index contributed by atoms with van der Waals surface area (Å²) in [4.78, 5) is 48.4. The summed E-state index contributed by atoms with van der Waals surface area (Å²) in [6.07, 6.45) is 3.11. The van der Waals surface area contributed by atoms with Gasteiger partial charge in [0.05, 0.1) is 36.6 Å². The maximum atomic E-state index is 13.8. The molecule has 0 atom stereocenters. The van der Waals surface area contributed by atoms with Crippen LogP contribution in [0.15, 0.2) is 59.8 Å². The van der Waals surface area contributed by atoms with E-state index in [9.17, 15) is 9.59 Å². The molecule has 4 aromatic rings. The van der Waals surface area contributed by atoms with Crippen LogP contribution in [0.5, 0.6) is 0 Å². The van der Waals surface area contributed by atoms with Crippen molar-refractivity contribution in [3.8, 4) is 0 Å². The first kappa shape index (κ1) is 26.1. The molecule has 1 aliphatic heterocycles. The molecule has 0 aliphatic carbocycles. The van der Waals surface area contributed by atoms with Crippen molar-refractivity contribution in [2.45, 2.75) is 27.0 Å². The Bertz CT molecular complexity index is 1520. The molecule has 0 radical (unpaired) electrons. The van der Waals surface area contributed by atoms with Crippen LogP contribution in [0.1, 0.15) is 34.1 Å². The van der Waals surface area contributed by atoms with E-state index in [1.165, 1.54) is 6.33 Å². The number of carbonyl (C=O) groups excluding carboxylic acids is 1. The second kappa shape index (κ2) is 11.9. The predicted molar refractivity (Wildman–Crippen MR) is 146 cm³/mol. The molecule has 0 bridgehead atoms. The van der Waals surface area contributed by atoms with Gasteiger partial charge in [-0.05, 0) is 25.5 Å². The fourth-order valence-electron chi connectivity index (χ4n) is 4.55. The Balaban J connectivity index is 1.59.